The van der Waals surface area contributed by atoms with Crippen LogP contribution < -0.4 is 5.73 Å². The maximum atomic E-state index is 11.1. The lowest BCUT2D eigenvalue weighted by Gasteiger charge is -2.24. The molecule has 0 saturated carbocycles. The van der Waals surface area contributed by atoms with Crippen molar-refractivity contribution in [1.82, 2.24) is 0 Å². The van der Waals surface area contributed by atoms with Crippen LogP contribution in [0.25, 0.3) is 0 Å². The molecule has 0 saturated heterocycles. The van der Waals surface area contributed by atoms with E-state index in [-0.39, 0.29) is 18.8 Å². The highest BCUT2D eigenvalue weighted by Gasteiger charge is 2.44. The number of amides is 1. The Bertz CT molecular complexity index is 270. The molecule has 0 bridgehead atoms. The third-order valence-electron chi connectivity index (χ3n) is 1.99. The number of aliphatic hydroxyl groups is 1. The highest BCUT2D eigenvalue weighted by molar-refractivity contribution is 7.92. The molecule has 0 aliphatic heterocycles. The van der Waals surface area contributed by atoms with Crippen molar-refractivity contribution in [3.8, 4) is 0 Å². The maximum Gasteiger partial charge on any atom is 0.241 e. The van der Waals surface area contributed by atoms with E-state index < -0.39 is 27.1 Å². The van der Waals surface area contributed by atoms with Gasteiger partial charge in [0, 0.05) is 6.26 Å². The van der Waals surface area contributed by atoms with E-state index in [1.807, 2.05) is 0 Å². The van der Waals surface area contributed by atoms with Crippen LogP contribution in [0, 0.1) is 0 Å². The lowest BCUT2D eigenvalue weighted by molar-refractivity contribution is -0.121. The Labute approximate surface area is 83.6 Å². The van der Waals surface area contributed by atoms with Gasteiger partial charge in [-0.3, -0.25) is 4.79 Å². The van der Waals surface area contributed by atoms with Crippen molar-refractivity contribution in [1.29, 1.82) is 0 Å². The topological polar surface area (TPSA) is 97.5 Å². The van der Waals surface area contributed by atoms with Gasteiger partial charge in [0.1, 0.15) is 0 Å². The number of sulfone groups is 1. The molecular formula is C6H14ClNO4S. The first-order chi connectivity index (χ1) is 5.31. The Balaban J connectivity index is 0. The van der Waals surface area contributed by atoms with Crippen molar-refractivity contribution in [2.45, 2.75) is 18.1 Å². The molecule has 0 fully saturated rings. The summed E-state index contributed by atoms with van der Waals surface area (Å²) in [5.41, 5.74) is 4.90. The van der Waals surface area contributed by atoms with Crippen molar-refractivity contribution in [3.63, 3.8) is 0 Å². The predicted octanol–water partition coefficient (Wildman–Crippen LogP) is -0.921. The molecule has 0 heterocycles. The minimum absolute atomic E-state index is 0. The van der Waals surface area contributed by atoms with Crippen LogP contribution in [0.1, 0.15) is 13.3 Å². The van der Waals surface area contributed by atoms with Crippen LogP contribution in [-0.2, 0) is 14.6 Å². The molecule has 0 radical (unpaired) electrons. The number of hydrogen-bond donors (Lipinski definition) is 2. The second kappa shape index (κ2) is 4.78. The fourth-order valence-corrected chi connectivity index (χ4v) is 2.05. The Morgan fingerprint density at radius 2 is 1.92 bits per heavy atom. The van der Waals surface area contributed by atoms with Crippen LogP contribution >= 0.6 is 12.4 Å². The Kier molecular flexibility index (Phi) is 5.57. The van der Waals surface area contributed by atoms with Crippen molar-refractivity contribution in [3.05, 3.63) is 0 Å². The first-order valence-corrected chi connectivity index (χ1v) is 5.31. The molecule has 0 aliphatic carbocycles. The summed E-state index contributed by atoms with van der Waals surface area (Å²) >= 11 is 0. The second-order valence-corrected chi connectivity index (χ2v) is 4.97. The molecular weight excluding hydrogens is 218 g/mol. The van der Waals surface area contributed by atoms with E-state index in [2.05, 4.69) is 0 Å². The van der Waals surface area contributed by atoms with E-state index in [4.69, 9.17) is 10.8 Å². The molecule has 80 valence electrons. The van der Waals surface area contributed by atoms with Gasteiger partial charge < -0.3 is 10.8 Å². The molecule has 1 unspecified atom stereocenters. The Hall–Kier alpha value is -0.330. The minimum atomic E-state index is -3.65. The summed E-state index contributed by atoms with van der Waals surface area (Å²) in [7, 11) is -3.65. The van der Waals surface area contributed by atoms with Crippen molar-refractivity contribution in [2.24, 2.45) is 5.73 Å². The number of nitrogens with two attached hydrogens (primary N) is 1. The zero-order valence-corrected chi connectivity index (χ0v) is 9.11. The normalized spacial score (nSPS) is 15.6. The third-order valence-corrected chi connectivity index (χ3v) is 4.02. The number of halogens is 1. The number of primary amides is 1. The molecule has 13 heavy (non-hydrogen) atoms. The van der Waals surface area contributed by atoms with E-state index in [9.17, 15) is 13.2 Å². The molecule has 0 rings (SSSR count). The first kappa shape index (κ1) is 15.2. The Morgan fingerprint density at radius 1 is 1.54 bits per heavy atom. The fourth-order valence-electron chi connectivity index (χ4n) is 0.926. The number of carbonyl (C=O) groups excluding carboxylic acids is 1. The molecule has 3 N–H and O–H groups in total. The van der Waals surface area contributed by atoms with E-state index in [0.717, 1.165) is 6.26 Å². The third kappa shape index (κ3) is 2.55. The molecule has 0 aliphatic rings. The van der Waals surface area contributed by atoms with Crippen molar-refractivity contribution >= 4 is 28.2 Å². The average Bonchev–Trinajstić information content (AvgIpc) is 1.87. The van der Waals surface area contributed by atoms with Crippen molar-refractivity contribution in [2.75, 3.05) is 12.9 Å². The van der Waals surface area contributed by atoms with Crippen LogP contribution in [0.15, 0.2) is 0 Å². The smallest absolute Gasteiger partial charge is 0.241 e. The van der Waals surface area contributed by atoms with Gasteiger partial charge >= 0.3 is 0 Å². The number of rotatable bonds is 4. The maximum absolute atomic E-state index is 11.1. The van der Waals surface area contributed by atoms with Crippen LogP contribution in [-0.4, -0.2) is 37.0 Å². The van der Waals surface area contributed by atoms with E-state index >= 15 is 0 Å². The summed E-state index contributed by atoms with van der Waals surface area (Å²) < 4.78 is 20.4. The van der Waals surface area contributed by atoms with E-state index in [1.165, 1.54) is 6.92 Å². The Morgan fingerprint density at radius 3 is 1.92 bits per heavy atom. The standard InChI is InChI=1S/C6H13NO4S.ClH/c1-3-6(4-8,5(7)9)12(2,10)11;/h8H,3-4H2,1-2H3,(H2,7,9);1H. The van der Waals surface area contributed by atoms with Crippen LogP contribution in [0.3, 0.4) is 0 Å². The summed E-state index contributed by atoms with van der Waals surface area (Å²) in [6, 6.07) is 0. The van der Waals surface area contributed by atoms with Crippen LogP contribution in [0.2, 0.25) is 0 Å². The predicted molar refractivity (Wildman–Crippen MR) is 51.4 cm³/mol. The minimum Gasteiger partial charge on any atom is -0.394 e. The molecule has 0 aromatic heterocycles. The monoisotopic (exact) mass is 231 g/mol. The zero-order chi connectivity index (χ0) is 9.99. The molecule has 0 aromatic carbocycles. The molecule has 0 aromatic rings. The average molecular weight is 232 g/mol. The molecule has 5 nitrogen and oxygen atoms in total. The summed E-state index contributed by atoms with van der Waals surface area (Å²) in [5, 5.41) is 8.80. The largest absolute Gasteiger partial charge is 0.394 e. The number of aliphatic hydroxyl groups excluding tert-OH is 1. The highest BCUT2D eigenvalue weighted by atomic mass is 35.5. The van der Waals surface area contributed by atoms with Gasteiger partial charge in [-0.25, -0.2) is 8.42 Å². The highest BCUT2D eigenvalue weighted by Crippen LogP contribution is 2.19. The van der Waals surface area contributed by atoms with Gasteiger partial charge in [-0.2, -0.15) is 0 Å². The van der Waals surface area contributed by atoms with Gasteiger partial charge in [-0.05, 0) is 6.42 Å². The summed E-state index contributed by atoms with van der Waals surface area (Å²) in [6.07, 6.45) is 0.870. The number of hydrogen-bond acceptors (Lipinski definition) is 4. The number of carbonyl (C=O) groups is 1. The SMILES string of the molecule is CCC(CO)(C(N)=O)S(C)(=O)=O.Cl. The first-order valence-electron chi connectivity index (χ1n) is 3.42. The summed E-state index contributed by atoms with van der Waals surface area (Å²) in [6.45, 7) is 0.722. The van der Waals surface area contributed by atoms with Gasteiger partial charge in [-0.1, -0.05) is 6.92 Å². The van der Waals surface area contributed by atoms with Gasteiger partial charge in [0.15, 0.2) is 14.6 Å². The quantitative estimate of drug-likeness (QED) is 0.654. The molecule has 1 amide bonds. The van der Waals surface area contributed by atoms with Gasteiger partial charge in [-0.15, -0.1) is 12.4 Å². The lowest BCUT2D eigenvalue weighted by atomic mass is 10.1. The van der Waals surface area contributed by atoms with Gasteiger partial charge in [0.05, 0.1) is 6.61 Å². The second-order valence-electron chi connectivity index (χ2n) is 2.64. The fraction of sp³-hybridized carbons (Fsp3) is 0.833. The zero-order valence-electron chi connectivity index (χ0n) is 7.48. The summed E-state index contributed by atoms with van der Waals surface area (Å²) in [5.74, 6) is -1.00. The van der Waals surface area contributed by atoms with Crippen LogP contribution in [0.4, 0.5) is 0 Å². The molecule has 1 atom stereocenters. The van der Waals surface area contributed by atoms with Gasteiger partial charge in [0.25, 0.3) is 0 Å². The lowest BCUT2D eigenvalue weighted by Crippen LogP contribution is -2.52. The summed E-state index contributed by atoms with van der Waals surface area (Å²) in [4.78, 5) is 10.8. The van der Waals surface area contributed by atoms with E-state index in [0.29, 0.717) is 0 Å². The molecule has 0 spiro atoms. The van der Waals surface area contributed by atoms with E-state index in [1.54, 1.807) is 0 Å². The van der Waals surface area contributed by atoms with Crippen LogP contribution in [0.5, 0.6) is 0 Å². The van der Waals surface area contributed by atoms with Gasteiger partial charge in [0.2, 0.25) is 5.91 Å². The molecule has 7 heteroatoms. The van der Waals surface area contributed by atoms with Crippen molar-refractivity contribution < 1.29 is 18.3 Å².